The molecule has 3 heteroatoms. The van der Waals surface area contributed by atoms with Crippen LogP contribution in [0.2, 0.25) is 0 Å². The van der Waals surface area contributed by atoms with Gasteiger partial charge in [-0.2, -0.15) is 0 Å². The van der Waals surface area contributed by atoms with Crippen molar-refractivity contribution in [3.63, 3.8) is 0 Å². The van der Waals surface area contributed by atoms with Crippen LogP contribution in [0.1, 0.15) is 58.8 Å². The van der Waals surface area contributed by atoms with Crippen molar-refractivity contribution in [1.29, 1.82) is 0 Å². The average molecular weight is 260 g/mol. The number of aliphatic hydroxyl groups excluding tert-OH is 1. The maximum absolute atomic E-state index is 8.50. The van der Waals surface area contributed by atoms with Crippen LogP contribution in [0.3, 0.4) is 0 Å². The monoisotopic (exact) mass is 260 g/mol. The number of ether oxygens (including phenoxy) is 2. The molecule has 0 aromatic rings. The van der Waals surface area contributed by atoms with Gasteiger partial charge in [0, 0.05) is 6.61 Å². The summed E-state index contributed by atoms with van der Waals surface area (Å²) in [6, 6.07) is 0. The standard InChI is InChI=1S/C15H32O3/c1-3-8-15(2)9-6-4-5-7-11-17-13-14-18-12-10-16/h15-16H,3-14H2,1-2H3. The van der Waals surface area contributed by atoms with Crippen molar-refractivity contribution >= 4 is 0 Å². The Bertz CT molecular complexity index is 151. The van der Waals surface area contributed by atoms with Gasteiger partial charge in [-0.3, -0.25) is 0 Å². The van der Waals surface area contributed by atoms with Gasteiger partial charge in [-0.1, -0.05) is 52.4 Å². The molecule has 110 valence electrons. The van der Waals surface area contributed by atoms with E-state index in [-0.39, 0.29) is 6.61 Å². The molecule has 3 nitrogen and oxygen atoms in total. The molecule has 0 bridgehead atoms. The lowest BCUT2D eigenvalue weighted by Crippen LogP contribution is -2.07. The van der Waals surface area contributed by atoms with E-state index < -0.39 is 0 Å². The Kier molecular flexibility index (Phi) is 14.8. The number of hydrogen-bond acceptors (Lipinski definition) is 3. The average Bonchev–Trinajstić information content (AvgIpc) is 2.36. The van der Waals surface area contributed by atoms with Crippen molar-refractivity contribution in [3.8, 4) is 0 Å². The largest absolute Gasteiger partial charge is 0.394 e. The lowest BCUT2D eigenvalue weighted by molar-refractivity contribution is 0.0320. The zero-order valence-electron chi connectivity index (χ0n) is 12.3. The summed E-state index contributed by atoms with van der Waals surface area (Å²) in [5, 5.41) is 8.50. The fraction of sp³-hybridized carbons (Fsp3) is 1.00. The SMILES string of the molecule is CCCC(C)CCCCCCOCCOCCO. The highest BCUT2D eigenvalue weighted by Crippen LogP contribution is 2.14. The van der Waals surface area contributed by atoms with Gasteiger partial charge in [0.1, 0.15) is 0 Å². The Morgan fingerprint density at radius 3 is 2.17 bits per heavy atom. The lowest BCUT2D eigenvalue weighted by Gasteiger charge is -2.09. The van der Waals surface area contributed by atoms with E-state index in [0.717, 1.165) is 18.9 Å². The zero-order valence-corrected chi connectivity index (χ0v) is 12.3. The first-order valence-electron chi connectivity index (χ1n) is 7.57. The van der Waals surface area contributed by atoms with Gasteiger partial charge in [-0.15, -0.1) is 0 Å². The van der Waals surface area contributed by atoms with Crippen LogP contribution in [0.5, 0.6) is 0 Å². The highest BCUT2D eigenvalue weighted by Gasteiger charge is 1.99. The van der Waals surface area contributed by atoms with Crippen LogP contribution in [0.4, 0.5) is 0 Å². The van der Waals surface area contributed by atoms with Crippen molar-refractivity contribution in [2.24, 2.45) is 5.92 Å². The molecule has 1 N–H and O–H groups in total. The minimum Gasteiger partial charge on any atom is -0.394 e. The first-order valence-corrected chi connectivity index (χ1v) is 7.57. The fourth-order valence-electron chi connectivity index (χ4n) is 2.07. The first-order chi connectivity index (χ1) is 8.81. The predicted molar refractivity (Wildman–Crippen MR) is 75.9 cm³/mol. The van der Waals surface area contributed by atoms with E-state index in [2.05, 4.69) is 13.8 Å². The third kappa shape index (κ3) is 13.9. The summed E-state index contributed by atoms with van der Waals surface area (Å²) in [7, 11) is 0. The number of aliphatic hydroxyl groups is 1. The normalized spacial score (nSPS) is 12.8. The van der Waals surface area contributed by atoms with E-state index in [1.165, 1.54) is 38.5 Å². The van der Waals surface area contributed by atoms with Gasteiger partial charge in [0.2, 0.25) is 0 Å². The molecule has 0 saturated carbocycles. The molecular weight excluding hydrogens is 228 g/mol. The van der Waals surface area contributed by atoms with Gasteiger partial charge in [0.05, 0.1) is 26.4 Å². The summed E-state index contributed by atoms with van der Waals surface area (Å²) in [5.74, 6) is 0.898. The first kappa shape index (κ1) is 17.9. The molecule has 0 aliphatic carbocycles. The fourth-order valence-corrected chi connectivity index (χ4v) is 2.07. The minimum absolute atomic E-state index is 0.0937. The summed E-state index contributed by atoms with van der Waals surface area (Å²) in [6.07, 6.45) is 9.19. The van der Waals surface area contributed by atoms with Crippen molar-refractivity contribution in [2.45, 2.75) is 58.8 Å². The number of unbranched alkanes of at least 4 members (excludes halogenated alkanes) is 3. The van der Waals surface area contributed by atoms with Gasteiger partial charge in [0.15, 0.2) is 0 Å². The second kappa shape index (κ2) is 14.9. The van der Waals surface area contributed by atoms with Crippen molar-refractivity contribution in [3.05, 3.63) is 0 Å². The maximum Gasteiger partial charge on any atom is 0.0701 e. The summed E-state index contributed by atoms with van der Waals surface area (Å²) in [5.41, 5.74) is 0. The van der Waals surface area contributed by atoms with E-state index >= 15 is 0 Å². The van der Waals surface area contributed by atoms with Crippen LogP contribution >= 0.6 is 0 Å². The smallest absolute Gasteiger partial charge is 0.0701 e. The Labute approximate surface area is 113 Å². The highest BCUT2D eigenvalue weighted by atomic mass is 16.5. The minimum atomic E-state index is 0.0937. The Balaban J connectivity index is 2.98. The Hall–Kier alpha value is -0.120. The van der Waals surface area contributed by atoms with Crippen LogP contribution < -0.4 is 0 Å². The topological polar surface area (TPSA) is 38.7 Å². The van der Waals surface area contributed by atoms with E-state index in [1.54, 1.807) is 0 Å². The third-order valence-corrected chi connectivity index (χ3v) is 3.12. The second-order valence-electron chi connectivity index (χ2n) is 5.05. The maximum atomic E-state index is 8.50. The molecule has 0 aliphatic heterocycles. The zero-order chi connectivity index (χ0) is 13.5. The third-order valence-electron chi connectivity index (χ3n) is 3.12. The second-order valence-corrected chi connectivity index (χ2v) is 5.05. The number of hydrogen-bond donors (Lipinski definition) is 1. The lowest BCUT2D eigenvalue weighted by atomic mass is 9.98. The van der Waals surface area contributed by atoms with Crippen LogP contribution in [-0.2, 0) is 9.47 Å². The number of rotatable bonds is 14. The molecule has 0 rings (SSSR count). The quantitative estimate of drug-likeness (QED) is 0.486. The Morgan fingerprint density at radius 1 is 0.833 bits per heavy atom. The summed E-state index contributed by atoms with van der Waals surface area (Å²) < 4.78 is 10.5. The molecule has 0 amide bonds. The molecule has 0 aromatic heterocycles. The van der Waals surface area contributed by atoms with Gasteiger partial charge >= 0.3 is 0 Å². The molecular formula is C15H32O3. The molecule has 18 heavy (non-hydrogen) atoms. The van der Waals surface area contributed by atoms with Gasteiger partial charge in [0.25, 0.3) is 0 Å². The molecule has 1 unspecified atom stereocenters. The van der Waals surface area contributed by atoms with Crippen LogP contribution in [0, 0.1) is 5.92 Å². The van der Waals surface area contributed by atoms with E-state index in [1.807, 2.05) is 0 Å². The van der Waals surface area contributed by atoms with Gasteiger partial charge < -0.3 is 14.6 Å². The molecule has 0 heterocycles. The van der Waals surface area contributed by atoms with Gasteiger partial charge in [-0.25, -0.2) is 0 Å². The van der Waals surface area contributed by atoms with Crippen molar-refractivity contribution in [1.82, 2.24) is 0 Å². The van der Waals surface area contributed by atoms with Crippen LogP contribution in [0.25, 0.3) is 0 Å². The van der Waals surface area contributed by atoms with Crippen LogP contribution in [0.15, 0.2) is 0 Å². The molecule has 1 atom stereocenters. The molecule has 0 fully saturated rings. The highest BCUT2D eigenvalue weighted by molar-refractivity contribution is 4.53. The summed E-state index contributed by atoms with van der Waals surface area (Å²) in [6.45, 7) is 7.21. The molecule has 0 aliphatic rings. The Morgan fingerprint density at radius 2 is 1.50 bits per heavy atom. The van der Waals surface area contributed by atoms with E-state index in [0.29, 0.717) is 19.8 Å². The van der Waals surface area contributed by atoms with Crippen LogP contribution in [-0.4, -0.2) is 38.1 Å². The summed E-state index contributed by atoms with van der Waals surface area (Å²) in [4.78, 5) is 0. The summed E-state index contributed by atoms with van der Waals surface area (Å²) >= 11 is 0. The van der Waals surface area contributed by atoms with Crippen molar-refractivity contribution in [2.75, 3.05) is 33.0 Å². The molecule has 0 spiro atoms. The van der Waals surface area contributed by atoms with Gasteiger partial charge in [-0.05, 0) is 12.3 Å². The molecule has 0 aromatic carbocycles. The van der Waals surface area contributed by atoms with E-state index in [9.17, 15) is 0 Å². The molecule has 0 saturated heterocycles. The van der Waals surface area contributed by atoms with Crippen molar-refractivity contribution < 1.29 is 14.6 Å². The molecule has 0 radical (unpaired) electrons. The predicted octanol–water partition coefficient (Wildman–Crippen LogP) is 3.40. The van der Waals surface area contributed by atoms with E-state index in [4.69, 9.17) is 14.6 Å².